The maximum Gasteiger partial charge on any atom is 0.307 e. The molecule has 2 aliphatic heterocycles. The van der Waals surface area contributed by atoms with E-state index in [0.29, 0.717) is 18.5 Å². The van der Waals surface area contributed by atoms with Crippen LogP contribution in [0.1, 0.15) is 44.6 Å². The molecular formula is C16H25N3O2. The fraction of sp³-hybridized carbons (Fsp3) is 0.750. The number of carboxylic acid groups (broad SMARTS) is 1. The molecule has 2 unspecified atom stereocenters. The average molecular weight is 291 g/mol. The number of aliphatic carboxylic acids is 1. The van der Waals surface area contributed by atoms with Crippen molar-refractivity contribution in [3.63, 3.8) is 0 Å². The molecule has 0 spiro atoms. The molecule has 5 nitrogen and oxygen atoms in total. The van der Waals surface area contributed by atoms with Crippen LogP contribution in [0.3, 0.4) is 0 Å². The highest BCUT2D eigenvalue weighted by Crippen LogP contribution is 2.25. The van der Waals surface area contributed by atoms with Gasteiger partial charge in [-0.3, -0.25) is 9.69 Å². The molecule has 1 aromatic heterocycles. The van der Waals surface area contributed by atoms with E-state index in [9.17, 15) is 4.79 Å². The fourth-order valence-electron chi connectivity index (χ4n) is 3.79. The summed E-state index contributed by atoms with van der Waals surface area (Å²) in [5, 5.41) is 9.15. The first-order valence-electron chi connectivity index (χ1n) is 8.08. The topological polar surface area (TPSA) is 58.4 Å². The average Bonchev–Trinajstić information content (AvgIpc) is 3.03. The third-order valence-electron chi connectivity index (χ3n) is 4.94. The molecule has 5 heteroatoms. The van der Waals surface area contributed by atoms with Gasteiger partial charge >= 0.3 is 5.97 Å². The van der Waals surface area contributed by atoms with Crippen molar-refractivity contribution in [2.45, 2.75) is 64.6 Å². The Balaban J connectivity index is 1.69. The maximum atomic E-state index is 11.1. The van der Waals surface area contributed by atoms with Crippen molar-refractivity contribution in [2.24, 2.45) is 5.92 Å². The van der Waals surface area contributed by atoms with Crippen LogP contribution in [0.4, 0.5) is 0 Å². The van der Waals surface area contributed by atoms with Gasteiger partial charge in [-0.25, -0.2) is 4.98 Å². The Morgan fingerprint density at radius 3 is 2.95 bits per heavy atom. The first-order chi connectivity index (χ1) is 10.0. The number of carbonyl (C=O) groups is 1. The molecule has 0 radical (unpaired) electrons. The van der Waals surface area contributed by atoms with E-state index in [2.05, 4.69) is 29.5 Å². The van der Waals surface area contributed by atoms with Gasteiger partial charge in [0, 0.05) is 37.7 Å². The highest BCUT2D eigenvalue weighted by atomic mass is 16.4. The van der Waals surface area contributed by atoms with Crippen LogP contribution in [0.2, 0.25) is 0 Å². The van der Waals surface area contributed by atoms with Crippen molar-refractivity contribution in [1.82, 2.24) is 14.5 Å². The number of hydrogen-bond donors (Lipinski definition) is 1. The molecule has 0 aromatic carbocycles. The second-order valence-electron chi connectivity index (χ2n) is 6.70. The summed E-state index contributed by atoms with van der Waals surface area (Å²) in [5.74, 6) is 0.0108. The van der Waals surface area contributed by atoms with Gasteiger partial charge in [0.1, 0.15) is 5.82 Å². The monoisotopic (exact) mass is 291 g/mol. The summed E-state index contributed by atoms with van der Waals surface area (Å²) in [7, 11) is 0. The summed E-state index contributed by atoms with van der Waals surface area (Å²) in [6, 6.07) is 1.18. The van der Waals surface area contributed by atoms with Crippen LogP contribution in [0, 0.1) is 5.92 Å². The lowest BCUT2D eigenvalue weighted by atomic mass is 9.98. The number of carboxylic acids is 1. The molecule has 0 aliphatic carbocycles. The number of aromatic nitrogens is 2. The lowest BCUT2D eigenvalue weighted by Gasteiger charge is -2.27. The van der Waals surface area contributed by atoms with Crippen LogP contribution in [-0.4, -0.2) is 44.2 Å². The minimum Gasteiger partial charge on any atom is -0.481 e. The Labute approximate surface area is 126 Å². The van der Waals surface area contributed by atoms with Gasteiger partial charge in [-0.1, -0.05) is 0 Å². The van der Waals surface area contributed by atoms with Crippen LogP contribution in [0.25, 0.3) is 0 Å². The highest BCUT2D eigenvalue weighted by molar-refractivity contribution is 5.70. The van der Waals surface area contributed by atoms with Gasteiger partial charge in [0.25, 0.3) is 0 Å². The minimum absolute atomic E-state index is 0.258. The van der Waals surface area contributed by atoms with Crippen molar-refractivity contribution < 1.29 is 9.90 Å². The van der Waals surface area contributed by atoms with E-state index in [4.69, 9.17) is 10.1 Å². The third kappa shape index (κ3) is 2.98. The first kappa shape index (κ1) is 14.6. The largest absolute Gasteiger partial charge is 0.481 e. The van der Waals surface area contributed by atoms with E-state index in [1.54, 1.807) is 0 Å². The van der Waals surface area contributed by atoms with Crippen LogP contribution in [-0.2, 0) is 24.2 Å². The zero-order valence-corrected chi connectivity index (χ0v) is 13.0. The smallest absolute Gasteiger partial charge is 0.307 e. The summed E-state index contributed by atoms with van der Waals surface area (Å²) in [6.07, 6.45) is 6.96. The molecule has 21 heavy (non-hydrogen) atoms. The number of nitrogens with zero attached hydrogens (tertiary/aromatic N) is 3. The number of imidazole rings is 1. The molecule has 3 heterocycles. The SMILES string of the molecule is CC(C)N1CCCC1Cc1cn2c(n1)CC(C(=O)O)CC2. The lowest BCUT2D eigenvalue weighted by Crippen LogP contribution is -2.36. The Kier molecular flexibility index (Phi) is 4.02. The summed E-state index contributed by atoms with van der Waals surface area (Å²) >= 11 is 0. The van der Waals surface area contributed by atoms with Crippen molar-refractivity contribution in [2.75, 3.05) is 6.54 Å². The van der Waals surface area contributed by atoms with E-state index >= 15 is 0 Å². The van der Waals surface area contributed by atoms with Gasteiger partial charge in [0.2, 0.25) is 0 Å². The molecule has 1 saturated heterocycles. The van der Waals surface area contributed by atoms with Gasteiger partial charge in [-0.05, 0) is 39.7 Å². The van der Waals surface area contributed by atoms with Crippen molar-refractivity contribution in [1.29, 1.82) is 0 Å². The second-order valence-corrected chi connectivity index (χ2v) is 6.70. The quantitative estimate of drug-likeness (QED) is 0.921. The Bertz CT molecular complexity index is 524. The predicted molar refractivity (Wildman–Crippen MR) is 80.2 cm³/mol. The van der Waals surface area contributed by atoms with Gasteiger partial charge in [0.05, 0.1) is 11.6 Å². The van der Waals surface area contributed by atoms with E-state index in [1.165, 1.54) is 19.4 Å². The fourth-order valence-corrected chi connectivity index (χ4v) is 3.79. The molecule has 0 amide bonds. The summed E-state index contributed by atoms with van der Waals surface area (Å²) < 4.78 is 2.16. The molecule has 1 aromatic rings. The lowest BCUT2D eigenvalue weighted by molar-refractivity contribution is -0.142. The van der Waals surface area contributed by atoms with Gasteiger partial charge in [-0.2, -0.15) is 0 Å². The first-order valence-corrected chi connectivity index (χ1v) is 8.08. The minimum atomic E-state index is -0.687. The standard InChI is InChI=1S/C16H25N3O2/c1-11(2)19-6-3-4-14(19)9-13-10-18-7-5-12(16(20)21)8-15(18)17-13/h10-12,14H,3-9H2,1-2H3,(H,20,21). The van der Waals surface area contributed by atoms with E-state index < -0.39 is 5.97 Å². The number of aryl methyl sites for hydroxylation is 1. The van der Waals surface area contributed by atoms with Crippen LogP contribution in [0.5, 0.6) is 0 Å². The van der Waals surface area contributed by atoms with E-state index in [1.807, 2.05) is 0 Å². The van der Waals surface area contributed by atoms with Crippen molar-refractivity contribution >= 4 is 5.97 Å². The normalized spacial score (nSPS) is 26.2. The molecular weight excluding hydrogens is 266 g/mol. The molecule has 116 valence electrons. The van der Waals surface area contributed by atoms with E-state index in [-0.39, 0.29) is 5.92 Å². The van der Waals surface area contributed by atoms with Crippen LogP contribution in [0.15, 0.2) is 6.20 Å². The number of likely N-dealkylation sites (tertiary alicyclic amines) is 1. The van der Waals surface area contributed by atoms with Gasteiger partial charge in [-0.15, -0.1) is 0 Å². The van der Waals surface area contributed by atoms with Crippen LogP contribution >= 0.6 is 0 Å². The summed E-state index contributed by atoms with van der Waals surface area (Å²) in [6.45, 7) is 6.50. The Morgan fingerprint density at radius 1 is 1.43 bits per heavy atom. The van der Waals surface area contributed by atoms with Crippen LogP contribution < -0.4 is 0 Å². The second kappa shape index (κ2) is 5.79. The Morgan fingerprint density at radius 2 is 2.24 bits per heavy atom. The molecule has 0 bridgehead atoms. The molecule has 2 aliphatic rings. The zero-order chi connectivity index (χ0) is 15.0. The van der Waals surface area contributed by atoms with E-state index in [0.717, 1.165) is 30.9 Å². The number of hydrogen-bond acceptors (Lipinski definition) is 3. The molecule has 1 N–H and O–H groups in total. The Hall–Kier alpha value is -1.36. The van der Waals surface area contributed by atoms with Crippen molar-refractivity contribution in [3.05, 3.63) is 17.7 Å². The summed E-state index contributed by atoms with van der Waals surface area (Å²) in [4.78, 5) is 18.4. The zero-order valence-electron chi connectivity index (χ0n) is 13.0. The molecule has 3 rings (SSSR count). The molecule has 2 atom stereocenters. The number of rotatable bonds is 4. The molecule has 1 fully saturated rings. The maximum absolute atomic E-state index is 11.1. The van der Waals surface area contributed by atoms with Crippen molar-refractivity contribution in [3.8, 4) is 0 Å². The highest BCUT2D eigenvalue weighted by Gasteiger charge is 2.29. The molecule has 0 saturated carbocycles. The summed E-state index contributed by atoms with van der Waals surface area (Å²) in [5.41, 5.74) is 1.13. The van der Waals surface area contributed by atoms with Gasteiger partial charge in [0.15, 0.2) is 0 Å². The third-order valence-corrected chi connectivity index (χ3v) is 4.94. The van der Waals surface area contributed by atoms with Gasteiger partial charge < -0.3 is 9.67 Å². The predicted octanol–water partition coefficient (Wildman–Crippen LogP) is 1.95. The number of fused-ring (bicyclic) bond motifs is 1.